The first-order chi connectivity index (χ1) is 7.33. The number of benzene rings is 1. The average Bonchev–Trinajstić information content (AvgIpc) is 2.30. The second-order valence-corrected chi connectivity index (χ2v) is 3.66. The van der Waals surface area contributed by atoms with E-state index in [1.54, 1.807) is 0 Å². The van der Waals surface area contributed by atoms with Crippen LogP contribution in [0.25, 0.3) is 11.3 Å². The van der Waals surface area contributed by atoms with Gasteiger partial charge < -0.3 is 0 Å². The normalized spacial score (nSPS) is 10.3. The molecule has 1 heterocycles. The van der Waals surface area contributed by atoms with E-state index in [2.05, 4.69) is 43.1 Å². The average molecular weight is 197 g/mol. The molecule has 0 aliphatic carbocycles. The maximum Gasteiger partial charge on any atom is 0.0704 e. The molecule has 1 nitrogen and oxygen atoms in total. The van der Waals surface area contributed by atoms with Gasteiger partial charge >= 0.3 is 0 Å². The van der Waals surface area contributed by atoms with Crippen molar-refractivity contribution in [3.05, 3.63) is 53.7 Å². The van der Waals surface area contributed by atoms with Crippen molar-refractivity contribution >= 4 is 0 Å². The summed E-state index contributed by atoms with van der Waals surface area (Å²) in [7, 11) is 0. The fourth-order valence-corrected chi connectivity index (χ4v) is 1.87. The zero-order valence-corrected chi connectivity index (χ0v) is 9.20. The predicted molar refractivity (Wildman–Crippen MR) is 63.8 cm³/mol. The molecule has 0 N–H and O–H groups in total. The van der Waals surface area contributed by atoms with Crippen LogP contribution in [0.3, 0.4) is 0 Å². The number of hydrogen-bond donors (Lipinski definition) is 0. The molecule has 76 valence electrons. The number of aryl methyl sites for hydroxylation is 1. The van der Waals surface area contributed by atoms with Gasteiger partial charge in [-0.2, -0.15) is 0 Å². The van der Waals surface area contributed by atoms with Gasteiger partial charge in [0.2, 0.25) is 0 Å². The van der Waals surface area contributed by atoms with Crippen LogP contribution >= 0.6 is 0 Å². The van der Waals surface area contributed by atoms with Crippen molar-refractivity contribution in [1.29, 1.82) is 0 Å². The molecular weight excluding hydrogens is 182 g/mol. The summed E-state index contributed by atoms with van der Waals surface area (Å²) in [6.45, 7) is 4.35. The van der Waals surface area contributed by atoms with E-state index in [-0.39, 0.29) is 0 Å². The van der Waals surface area contributed by atoms with Crippen LogP contribution in [-0.4, -0.2) is 4.98 Å². The smallest absolute Gasteiger partial charge is 0.0704 e. The van der Waals surface area contributed by atoms with Gasteiger partial charge in [0.25, 0.3) is 0 Å². The van der Waals surface area contributed by atoms with Crippen LogP contribution in [0.2, 0.25) is 0 Å². The molecule has 0 aliphatic heterocycles. The second-order valence-electron chi connectivity index (χ2n) is 3.66. The Hall–Kier alpha value is -1.63. The zero-order valence-electron chi connectivity index (χ0n) is 9.20. The van der Waals surface area contributed by atoms with Gasteiger partial charge in [-0.1, -0.05) is 31.2 Å². The van der Waals surface area contributed by atoms with E-state index < -0.39 is 0 Å². The quantitative estimate of drug-likeness (QED) is 0.716. The number of rotatable bonds is 2. The Morgan fingerprint density at radius 3 is 2.60 bits per heavy atom. The van der Waals surface area contributed by atoms with Crippen LogP contribution in [-0.2, 0) is 6.42 Å². The molecule has 0 spiro atoms. The van der Waals surface area contributed by atoms with Crippen LogP contribution in [0.5, 0.6) is 0 Å². The Morgan fingerprint density at radius 2 is 1.93 bits per heavy atom. The van der Waals surface area contributed by atoms with Crippen molar-refractivity contribution in [2.24, 2.45) is 0 Å². The number of aromatic nitrogens is 1. The molecule has 0 unspecified atom stereocenters. The third-order valence-corrected chi connectivity index (χ3v) is 2.77. The van der Waals surface area contributed by atoms with Crippen molar-refractivity contribution in [1.82, 2.24) is 4.98 Å². The van der Waals surface area contributed by atoms with Gasteiger partial charge in [0.1, 0.15) is 0 Å². The minimum Gasteiger partial charge on any atom is -0.256 e. The molecule has 0 radical (unpaired) electrons. The van der Waals surface area contributed by atoms with E-state index in [4.69, 9.17) is 0 Å². The van der Waals surface area contributed by atoms with E-state index in [9.17, 15) is 0 Å². The zero-order chi connectivity index (χ0) is 10.7. The van der Waals surface area contributed by atoms with Crippen molar-refractivity contribution < 1.29 is 0 Å². The molecule has 0 aliphatic rings. The molecule has 0 saturated carbocycles. The van der Waals surface area contributed by atoms with Crippen LogP contribution in [0.15, 0.2) is 42.6 Å². The van der Waals surface area contributed by atoms with Gasteiger partial charge in [0.15, 0.2) is 0 Å². The molecule has 0 atom stereocenters. The Morgan fingerprint density at radius 1 is 1.07 bits per heavy atom. The summed E-state index contributed by atoms with van der Waals surface area (Å²) in [6, 6.07) is 12.5. The lowest BCUT2D eigenvalue weighted by atomic mass is 9.98. The summed E-state index contributed by atoms with van der Waals surface area (Å²) in [5.74, 6) is 0. The first-order valence-corrected chi connectivity index (χ1v) is 5.33. The Bertz CT molecular complexity index is 446. The third-order valence-electron chi connectivity index (χ3n) is 2.77. The summed E-state index contributed by atoms with van der Waals surface area (Å²) in [4.78, 5) is 4.39. The Labute approximate surface area is 90.8 Å². The lowest BCUT2D eigenvalue weighted by Crippen LogP contribution is -1.91. The van der Waals surface area contributed by atoms with Crippen molar-refractivity contribution in [3.8, 4) is 11.3 Å². The molecule has 15 heavy (non-hydrogen) atoms. The summed E-state index contributed by atoms with van der Waals surface area (Å²) < 4.78 is 0. The van der Waals surface area contributed by atoms with Gasteiger partial charge in [-0.05, 0) is 36.6 Å². The first-order valence-electron chi connectivity index (χ1n) is 5.33. The predicted octanol–water partition coefficient (Wildman–Crippen LogP) is 3.62. The maximum absolute atomic E-state index is 4.39. The van der Waals surface area contributed by atoms with E-state index in [1.165, 1.54) is 16.7 Å². The number of nitrogens with zero attached hydrogens (tertiary/aromatic N) is 1. The van der Waals surface area contributed by atoms with E-state index in [0.717, 1.165) is 12.1 Å². The second kappa shape index (κ2) is 4.26. The van der Waals surface area contributed by atoms with Crippen molar-refractivity contribution in [2.75, 3.05) is 0 Å². The molecule has 0 amide bonds. The van der Waals surface area contributed by atoms with Gasteiger partial charge in [0, 0.05) is 11.8 Å². The highest BCUT2D eigenvalue weighted by molar-refractivity contribution is 5.64. The van der Waals surface area contributed by atoms with E-state index >= 15 is 0 Å². The molecule has 1 aromatic heterocycles. The maximum atomic E-state index is 4.39. The minimum atomic E-state index is 1.06. The topological polar surface area (TPSA) is 12.9 Å². The first kappa shape index (κ1) is 9.91. The molecule has 0 saturated heterocycles. The number of pyridine rings is 1. The number of hydrogen-bond acceptors (Lipinski definition) is 1. The monoisotopic (exact) mass is 197 g/mol. The molecule has 1 heteroatoms. The van der Waals surface area contributed by atoms with Gasteiger partial charge in [-0.3, -0.25) is 4.98 Å². The van der Waals surface area contributed by atoms with Gasteiger partial charge in [-0.25, -0.2) is 0 Å². The summed E-state index contributed by atoms with van der Waals surface area (Å²) in [6.07, 6.45) is 2.92. The molecular formula is C14H15N. The lowest BCUT2D eigenvalue weighted by Gasteiger charge is -2.08. The van der Waals surface area contributed by atoms with E-state index in [1.807, 2.05) is 18.3 Å². The largest absolute Gasteiger partial charge is 0.256 e. The van der Waals surface area contributed by atoms with Crippen molar-refractivity contribution in [3.63, 3.8) is 0 Å². The standard InChI is InChI=1S/C14H15N/c1-3-12-7-6-8-13(11(12)2)14-9-4-5-10-15-14/h4-10H,3H2,1-2H3. The van der Waals surface area contributed by atoms with Crippen LogP contribution in [0, 0.1) is 6.92 Å². The Balaban J connectivity index is 2.54. The Kier molecular flexibility index (Phi) is 2.82. The molecule has 2 rings (SSSR count). The van der Waals surface area contributed by atoms with Crippen LogP contribution in [0.4, 0.5) is 0 Å². The van der Waals surface area contributed by atoms with Crippen LogP contribution < -0.4 is 0 Å². The highest BCUT2D eigenvalue weighted by Gasteiger charge is 2.04. The molecule has 1 aromatic carbocycles. The van der Waals surface area contributed by atoms with E-state index in [0.29, 0.717) is 0 Å². The minimum absolute atomic E-state index is 1.06. The van der Waals surface area contributed by atoms with Crippen molar-refractivity contribution in [2.45, 2.75) is 20.3 Å². The molecule has 0 fully saturated rings. The third kappa shape index (κ3) is 1.91. The molecule has 2 aromatic rings. The molecule has 0 bridgehead atoms. The fraction of sp³-hybridized carbons (Fsp3) is 0.214. The highest BCUT2D eigenvalue weighted by atomic mass is 14.7. The highest BCUT2D eigenvalue weighted by Crippen LogP contribution is 2.23. The van der Waals surface area contributed by atoms with Gasteiger partial charge in [0.05, 0.1) is 5.69 Å². The lowest BCUT2D eigenvalue weighted by molar-refractivity contribution is 1.11. The SMILES string of the molecule is CCc1cccc(-c2ccccn2)c1C. The summed E-state index contributed by atoms with van der Waals surface area (Å²) in [5, 5.41) is 0. The van der Waals surface area contributed by atoms with Crippen LogP contribution in [0.1, 0.15) is 18.1 Å². The summed E-state index contributed by atoms with van der Waals surface area (Å²) in [5.41, 5.74) is 5.05. The summed E-state index contributed by atoms with van der Waals surface area (Å²) >= 11 is 0. The fourth-order valence-electron chi connectivity index (χ4n) is 1.87. The van der Waals surface area contributed by atoms with Gasteiger partial charge in [-0.15, -0.1) is 0 Å².